The van der Waals surface area contributed by atoms with Crippen LogP contribution in [-0.4, -0.2) is 10.9 Å². The molecule has 0 fully saturated rings. The van der Waals surface area contributed by atoms with Gasteiger partial charge in [0.15, 0.2) is 5.96 Å². The van der Waals surface area contributed by atoms with Crippen LogP contribution in [0.15, 0.2) is 53.8 Å². The van der Waals surface area contributed by atoms with E-state index in [-0.39, 0.29) is 0 Å². The van der Waals surface area contributed by atoms with E-state index in [0.717, 1.165) is 11.3 Å². The molecule has 1 aromatic heterocycles. The lowest BCUT2D eigenvalue weighted by molar-refractivity contribution is 1.02. The van der Waals surface area contributed by atoms with Crippen LogP contribution in [0.2, 0.25) is 0 Å². The Morgan fingerprint density at radius 1 is 1.28 bits per heavy atom. The summed E-state index contributed by atoms with van der Waals surface area (Å²) in [6.07, 6.45) is 3.59. The molecule has 0 aliphatic carbocycles. The Bertz CT molecular complexity index is 535. The van der Waals surface area contributed by atoms with Crippen LogP contribution in [0.25, 0.3) is 0 Å². The first-order valence-electron chi connectivity index (χ1n) is 5.77. The molecule has 0 aliphatic rings. The molecule has 0 saturated carbocycles. The summed E-state index contributed by atoms with van der Waals surface area (Å²) < 4.78 is 0. The van der Waals surface area contributed by atoms with Crippen molar-refractivity contribution in [1.82, 2.24) is 4.98 Å². The van der Waals surface area contributed by atoms with Crippen molar-refractivity contribution in [1.29, 1.82) is 0 Å². The molecule has 1 heterocycles. The second-order valence-electron chi connectivity index (χ2n) is 3.99. The molecule has 4 nitrogen and oxygen atoms in total. The van der Waals surface area contributed by atoms with E-state index in [0.29, 0.717) is 12.5 Å². The number of nitrogens with one attached hydrogen (secondary N) is 1. The highest BCUT2D eigenvalue weighted by Gasteiger charge is 1.97. The first-order chi connectivity index (χ1) is 8.75. The standard InChI is InChI=1S/C14H16N4/c1-11-7-8-16-9-12(11)10-17-14(15)18-13-5-3-2-4-6-13/h2-9H,10H2,1H3,(H3,15,17,18). The third-order valence-electron chi connectivity index (χ3n) is 2.61. The predicted molar refractivity (Wildman–Crippen MR) is 74.4 cm³/mol. The Labute approximate surface area is 107 Å². The summed E-state index contributed by atoms with van der Waals surface area (Å²) in [5, 5.41) is 3.04. The van der Waals surface area contributed by atoms with Crippen molar-refractivity contribution in [3.8, 4) is 0 Å². The van der Waals surface area contributed by atoms with Crippen molar-refractivity contribution in [3.05, 3.63) is 59.9 Å². The van der Waals surface area contributed by atoms with E-state index in [4.69, 9.17) is 5.73 Å². The van der Waals surface area contributed by atoms with Crippen LogP contribution < -0.4 is 11.1 Å². The van der Waals surface area contributed by atoms with Gasteiger partial charge in [-0.15, -0.1) is 0 Å². The van der Waals surface area contributed by atoms with Gasteiger partial charge < -0.3 is 11.1 Å². The fraction of sp³-hybridized carbons (Fsp3) is 0.143. The molecule has 2 rings (SSSR count). The van der Waals surface area contributed by atoms with E-state index >= 15 is 0 Å². The molecule has 0 aliphatic heterocycles. The number of nitrogens with zero attached hydrogens (tertiary/aromatic N) is 2. The molecule has 1 aromatic carbocycles. The zero-order chi connectivity index (χ0) is 12.8. The molecule has 0 spiro atoms. The maximum Gasteiger partial charge on any atom is 0.193 e. The minimum atomic E-state index is 0.407. The number of benzene rings is 1. The minimum absolute atomic E-state index is 0.407. The Balaban J connectivity index is 2.00. The fourth-order valence-corrected chi connectivity index (χ4v) is 1.54. The summed E-state index contributed by atoms with van der Waals surface area (Å²) >= 11 is 0. The second kappa shape index (κ2) is 5.82. The fourth-order valence-electron chi connectivity index (χ4n) is 1.54. The predicted octanol–water partition coefficient (Wildman–Crippen LogP) is 2.32. The number of rotatable bonds is 3. The highest BCUT2D eigenvalue weighted by molar-refractivity contribution is 5.92. The average Bonchev–Trinajstić information content (AvgIpc) is 2.39. The number of guanidine groups is 1. The van der Waals surface area contributed by atoms with Crippen molar-refractivity contribution in [3.63, 3.8) is 0 Å². The molecule has 18 heavy (non-hydrogen) atoms. The van der Waals surface area contributed by atoms with Crippen molar-refractivity contribution in [2.24, 2.45) is 10.7 Å². The SMILES string of the molecule is Cc1ccncc1CN=C(N)Nc1ccccc1. The van der Waals surface area contributed by atoms with Gasteiger partial charge in [0.1, 0.15) is 0 Å². The molecular weight excluding hydrogens is 224 g/mol. The van der Waals surface area contributed by atoms with Gasteiger partial charge in [-0.2, -0.15) is 0 Å². The van der Waals surface area contributed by atoms with Crippen LogP contribution in [0.1, 0.15) is 11.1 Å². The van der Waals surface area contributed by atoms with Crippen molar-refractivity contribution in [2.75, 3.05) is 5.32 Å². The van der Waals surface area contributed by atoms with Crippen molar-refractivity contribution < 1.29 is 0 Å². The van der Waals surface area contributed by atoms with Crippen LogP contribution >= 0.6 is 0 Å². The number of hydrogen-bond donors (Lipinski definition) is 2. The third-order valence-corrected chi connectivity index (χ3v) is 2.61. The number of anilines is 1. The van der Waals surface area contributed by atoms with Gasteiger partial charge in [-0.3, -0.25) is 4.98 Å². The number of aromatic nitrogens is 1. The summed E-state index contributed by atoms with van der Waals surface area (Å²) in [5.41, 5.74) is 9.00. The maximum absolute atomic E-state index is 5.82. The van der Waals surface area contributed by atoms with Crippen LogP contribution in [0.5, 0.6) is 0 Å². The molecule has 0 unspecified atom stereocenters. The topological polar surface area (TPSA) is 63.3 Å². The molecule has 0 amide bonds. The first-order valence-corrected chi connectivity index (χ1v) is 5.77. The molecule has 0 atom stereocenters. The summed E-state index contributed by atoms with van der Waals surface area (Å²) in [6.45, 7) is 2.57. The van der Waals surface area contributed by atoms with Gasteiger partial charge in [0, 0.05) is 18.1 Å². The number of aliphatic imine (C=N–C) groups is 1. The number of para-hydroxylation sites is 1. The number of nitrogens with two attached hydrogens (primary N) is 1. The van der Waals surface area contributed by atoms with Crippen molar-refractivity contribution >= 4 is 11.6 Å². The molecule has 4 heteroatoms. The van der Waals surface area contributed by atoms with E-state index in [1.54, 1.807) is 6.20 Å². The van der Waals surface area contributed by atoms with Gasteiger partial charge in [-0.1, -0.05) is 18.2 Å². The quantitative estimate of drug-likeness (QED) is 0.639. The van der Waals surface area contributed by atoms with Gasteiger partial charge in [0.25, 0.3) is 0 Å². The summed E-state index contributed by atoms with van der Waals surface area (Å²) in [7, 11) is 0. The highest BCUT2D eigenvalue weighted by atomic mass is 15.1. The van der Waals surface area contributed by atoms with Gasteiger partial charge in [-0.05, 0) is 36.2 Å². The molecule has 92 valence electrons. The Morgan fingerprint density at radius 2 is 2.06 bits per heavy atom. The number of hydrogen-bond acceptors (Lipinski definition) is 2. The third kappa shape index (κ3) is 3.31. The normalized spacial score (nSPS) is 11.3. The molecule has 3 N–H and O–H groups in total. The first kappa shape index (κ1) is 12.1. The Morgan fingerprint density at radius 3 is 2.78 bits per heavy atom. The van der Waals surface area contributed by atoms with Crippen LogP contribution in [0.4, 0.5) is 5.69 Å². The molecular formula is C14H16N4. The zero-order valence-corrected chi connectivity index (χ0v) is 10.3. The van der Waals surface area contributed by atoms with E-state index < -0.39 is 0 Å². The van der Waals surface area contributed by atoms with Crippen LogP contribution in [-0.2, 0) is 6.54 Å². The molecule has 2 aromatic rings. The minimum Gasteiger partial charge on any atom is -0.370 e. The number of aryl methyl sites for hydroxylation is 1. The molecule has 0 bridgehead atoms. The lowest BCUT2D eigenvalue weighted by Gasteiger charge is -2.06. The van der Waals surface area contributed by atoms with Gasteiger partial charge in [-0.25, -0.2) is 4.99 Å². The lowest BCUT2D eigenvalue weighted by Crippen LogP contribution is -2.22. The smallest absolute Gasteiger partial charge is 0.193 e. The number of pyridine rings is 1. The summed E-state index contributed by atoms with van der Waals surface area (Å²) in [6, 6.07) is 11.7. The summed E-state index contributed by atoms with van der Waals surface area (Å²) in [5.74, 6) is 0.407. The van der Waals surface area contributed by atoms with Gasteiger partial charge in [0.2, 0.25) is 0 Å². The van der Waals surface area contributed by atoms with E-state index in [1.807, 2.05) is 49.5 Å². The maximum atomic E-state index is 5.82. The van der Waals surface area contributed by atoms with E-state index in [9.17, 15) is 0 Å². The zero-order valence-electron chi connectivity index (χ0n) is 10.3. The highest BCUT2D eigenvalue weighted by Crippen LogP contribution is 2.07. The van der Waals surface area contributed by atoms with Crippen LogP contribution in [0, 0.1) is 6.92 Å². The molecule has 0 saturated heterocycles. The van der Waals surface area contributed by atoms with E-state index in [1.165, 1.54) is 5.56 Å². The molecule has 0 radical (unpaired) electrons. The largest absolute Gasteiger partial charge is 0.370 e. The van der Waals surface area contributed by atoms with Crippen LogP contribution in [0.3, 0.4) is 0 Å². The average molecular weight is 240 g/mol. The van der Waals surface area contributed by atoms with Gasteiger partial charge >= 0.3 is 0 Å². The van der Waals surface area contributed by atoms with E-state index in [2.05, 4.69) is 15.3 Å². The Kier molecular flexibility index (Phi) is 3.91. The van der Waals surface area contributed by atoms with Crippen molar-refractivity contribution in [2.45, 2.75) is 13.5 Å². The Hall–Kier alpha value is -2.36. The van der Waals surface area contributed by atoms with Gasteiger partial charge in [0.05, 0.1) is 6.54 Å². The second-order valence-corrected chi connectivity index (χ2v) is 3.99. The monoisotopic (exact) mass is 240 g/mol. The summed E-state index contributed by atoms with van der Waals surface area (Å²) in [4.78, 5) is 8.37. The lowest BCUT2D eigenvalue weighted by atomic mass is 10.2.